The fraction of sp³-hybridized carbons (Fsp3) is 0.619. The number of ether oxygens (including phenoxy) is 1. The summed E-state index contributed by atoms with van der Waals surface area (Å²) in [6, 6.07) is 6.91. The Hall–Kier alpha value is -1.64. The van der Waals surface area contributed by atoms with Gasteiger partial charge in [-0.3, -0.25) is 9.59 Å². The van der Waals surface area contributed by atoms with Crippen LogP contribution in [-0.2, 0) is 4.79 Å². The maximum Gasteiger partial charge on any atom is 0.314 e. The Balaban J connectivity index is 1.78. The van der Waals surface area contributed by atoms with E-state index in [0.717, 1.165) is 31.6 Å². The smallest absolute Gasteiger partial charge is 0.314 e. The molecule has 2 rings (SSSR count). The van der Waals surface area contributed by atoms with Gasteiger partial charge in [0.2, 0.25) is 0 Å². The molecule has 1 aromatic rings. The molecule has 1 fully saturated rings. The van der Waals surface area contributed by atoms with Crippen LogP contribution in [0, 0.1) is 11.8 Å². The Bertz CT molecular complexity index is 525. The van der Waals surface area contributed by atoms with Gasteiger partial charge in [-0.25, -0.2) is 0 Å². The van der Waals surface area contributed by atoms with E-state index in [4.69, 9.17) is 4.74 Å². The number of Topliss-reactive ketones (excluding diaryl/α,β-unsaturated/α-hetero) is 1. The van der Waals surface area contributed by atoms with Crippen LogP contribution in [0.2, 0.25) is 0 Å². The van der Waals surface area contributed by atoms with Gasteiger partial charge in [0.05, 0.1) is 5.92 Å². The van der Waals surface area contributed by atoms with Crippen molar-refractivity contribution in [2.45, 2.75) is 71.6 Å². The summed E-state index contributed by atoms with van der Waals surface area (Å²) in [4.78, 5) is 23.9. The second kappa shape index (κ2) is 9.61. The molecule has 3 nitrogen and oxygen atoms in total. The molecule has 0 aliphatic heterocycles. The number of hydrogen-bond acceptors (Lipinski definition) is 3. The number of unbranched alkanes of at least 4 members (excludes halogenated alkanes) is 2. The Morgan fingerprint density at radius 2 is 1.67 bits per heavy atom. The SMILES string of the molecule is CCCCC[C@H]1CC[C@H](C(=O)Oc2ccc(C(=O)CC)cc2)CC1. The van der Waals surface area contributed by atoms with E-state index < -0.39 is 0 Å². The highest BCUT2D eigenvalue weighted by Crippen LogP contribution is 2.33. The topological polar surface area (TPSA) is 43.4 Å². The fourth-order valence-corrected chi connectivity index (χ4v) is 3.48. The first-order valence-corrected chi connectivity index (χ1v) is 9.49. The summed E-state index contributed by atoms with van der Waals surface area (Å²) in [5.41, 5.74) is 0.671. The van der Waals surface area contributed by atoms with Crippen LogP contribution in [-0.4, -0.2) is 11.8 Å². The summed E-state index contributed by atoms with van der Waals surface area (Å²) in [6.45, 7) is 4.08. The molecule has 0 N–H and O–H groups in total. The minimum Gasteiger partial charge on any atom is -0.426 e. The van der Waals surface area contributed by atoms with E-state index in [1.807, 2.05) is 6.92 Å². The monoisotopic (exact) mass is 330 g/mol. The lowest BCUT2D eigenvalue weighted by molar-refractivity contribution is -0.140. The van der Waals surface area contributed by atoms with Gasteiger partial charge in [-0.1, -0.05) is 39.5 Å². The first kappa shape index (κ1) is 18.7. The number of benzene rings is 1. The Kier molecular flexibility index (Phi) is 7.48. The number of ketones is 1. The van der Waals surface area contributed by atoms with Crippen LogP contribution < -0.4 is 4.74 Å². The second-order valence-electron chi connectivity index (χ2n) is 6.94. The van der Waals surface area contributed by atoms with Gasteiger partial charge in [-0.15, -0.1) is 0 Å². The van der Waals surface area contributed by atoms with Crippen molar-refractivity contribution in [3.63, 3.8) is 0 Å². The van der Waals surface area contributed by atoms with Crippen LogP contribution in [0.1, 0.15) is 82.0 Å². The zero-order valence-electron chi connectivity index (χ0n) is 15.1. The molecule has 1 aromatic carbocycles. The molecule has 0 atom stereocenters. The molecule has 0 radical (unpaired) electrons. The van der Waals surface area contributed by atoms with E-state index in [9.17, 15) is 9.59 Å². The number of rotatable bonds is 8. The lowest BCUT2D eigenvalue weighted by Gasteiger charge is -2.27. The first-order chi connectivity index (χ1) is 11.6. The van der Waals surface area contributed by atoms with Crippen molar-refractivity contribution in [1.29, 1.82) is 0 Å². The maximum absolute atomic E-state index is 12.3. The number of esters is 1. The van der Waals surface area contributed by atoms with E-state index in [1.54, 1.807) is 24.3 Å². The van der Waals surface area contributed by atoms with Gasteiger partial charge in [0.25, 0.3) is 0 Å². The van der Waals surface area contributed by atoms with Crippen LogP contribution in [0.3, 0.4) is 0 Å². The molecule has 0 aromatic heterocycles. The van der Waals surface area contributed by atoms with E-state index in [-0.39, 0.29) is 17.7 Å². The average molecular weight is 330 g/mol. The van der Waals surface area contributed by atoms with Crippen molar-refractivity contribution in [2.75, 3.05) is 0 Å². The zero-order chi connectivity index (χ0) is 17.4. The molecular formula is C21H30O3. The normalized spacial score (nSPS) is 20.6. The number of carbonyl (C=O) groups is 2. The molecular weight excluding hydrogens is 300 g/mol. The van der Waals surface area contributed by atoms with Gasteiger partial charge in [0.15, 0.2) is 5.78 Å². The van der Waals surface area contributed by atoms with Crippen molar-refractivity contribution in [3.8, 4) is 5.75 Å². The highest BCUT2D eigenvalue weighted by atomic mass is 16.5. The van der Waals surface area contributed by atoms with E-state index >= 15 is 0 Å². The highest BCUT2D eigenvalue weighted by Gasteiger charge is 2.27. The summed E-state index contributed by atoms with van der Waals surface area (Å²) in [6.07, 6.45) is 9.88. The third-order valence-electron chi connectivity index (χ3n) is 5.11. The van der Waals surface area contributed by atoms with Crippen molar-refractivity contribution in [1.82, 2.24) is 0 Å². The summed E-state index contributed by atoms with van der Waals surface area (Å²) < 4.78 is 5.51. The standard InChI is InChI=1S/C21H30O3/c1-3-5-6-7-16-8-10-18(11-9-16)21(23)24-19-14-12-17(13-15-19)20(22)4-2/h12-16,18H,3-11H2,1-2H3/t16-,18-. The van der Waals surface area contributed by atoms with Crippen molar-refractivity contribution in [3.05, 3.63) is 29.8 Å². The Labute approximate surface area is 145 Å². The number of hydrogen-bond donors (Lipinski definition) is 0. The summed E-state index contributed by atoms with van der Waals surface area (Å²) in [5, 5.41) is 0. The fourth-order valence-electron chi connectivity index (χ4n) is 3.48. The van der Waals surface area contributed by atoms with Gasteiger partial charge >= 0.3 is 5.97 Å². The summed E-state index contributed by atoms with van der Waals surface area (Å²) in [5.74, 6) is 1.35. The van der Waals surface area contributed by atoms with Crippen LogP contribution in [0.25, 0.3) is 0 Å². The summed E-state index contributed by atoms with van der Waals surface area (Å²) in [7, 11) is 0. The lowest BCUT2D eigenvalue weighted by Crippen LogP contribution is -2.25. The van der Waals surface area contributed by atoms with E-state index in [2.05, 4.69) is 6.92 Å². The van der Waals surface area contributed by atoms with Crippen molar-refractivity contribution < 1.29 is 14.3 Å². The zero-order valence-corrected chi connectivity index (χ0v) is 15.1. The minimum absolute atomic E-state index is 0.0318. The molecule has 0 bridgehead atoms. The van der Waals surface area contributed by atoms with E-state index in [1.165, 1.54) is 25.7 Å². The third-order valence-corrected chi connectivity index (χ3v) is 5.11. The average Bonchev–Trinajstić information content (AvgIpc) is 2.62. The predicted molar refractivity (Wildman–Crippen MR) is 96.3 cm³/mol. The minimum atomic E-state index is -0.114. The van der Waals surface area contributed by atoms with E-state index in [0.29, 0.717) is 17.7 Å². The van der Waals surface area contributed by atoms with Gasteiger partial charge < -0.3 is 4.74 Å². The third kappa shape index (κ3) is 5.47. The Morgan fingerprint density at radius 1 is 1.00 bits per heavy atom. The molecule has 0 spiro atoms. The van der Waals surface area contributed by atoms with Gasteiger partial charge in [-0.05, 0) is 55.9 Å². The molecule has 0 saturated heterocycles. The highest BCUT2D eigenvalue weighted by molar-refractivity contribution is 5.95. The van der Waals surface area contributed by atoms with Crippen LogP contribution in [0.15, 0.2) is 24.3 Å². The summed E-state index contributed by atoms with van der Waals surface area (Å²) >= 11 is 0. The number of carbonyl (C=O) groups excluding carboxylic acids is 2. The first-order valence-electron chi connectivity index (χ1n) is 9.49. The van der Waals surface area contributed by atoms with Gasteiger partial charge in [-0.2, -0.15) is 0 Å². The van der Waals surface area contributed by atoms with Crippen LogP contribution in [0.5, 0.6) is 5.75 Å². The van der Waals surface area contributed by atoms with Gasteiger partial charge in [0, 0.05) is 12.0 Å². The molecule has 1 aliphatic rings. The lowest BCUT2D eigenvalue weighted by atomic mass is 9.80. The molecule has 0 heterocycles. The molecule has 1 aliphatic carbocycles. The van der Waals surface area contributed by atoms with Gasteiger partial charge in [0.1, 0.15) is 5.75 Å². The van der Waals surface area contributed by atoms with Crippen molar-refractivity contribution in [2.24, 2.45) is 11.8 Å². The van der Waals surface area contributed by atoms with Crippen LogP contribution in [0.4, 0.5) is 0 Å². The quantitative estimate of drug-likeness (QED) is 0.271. The molecule has 3 heteroatoms. The second-order valence-corrected chi connectivity index (χ2v) is 6.94. The predicted octanol–water partition coefficient (Wildman–Crippen LogP) is 5.57. The molecule has 0 unspecified atom stereocenters. The largest absolute Gasteiger partial charge is 0.426 e. The molecule has 0 amide bonds. The molecule has 24 heavy (non-hydrogen) atoms. The van der Waals surface area contributed by atoms with Crippen molar-refractivity contribution >= 4 is 11.8 Å². The maximum atomic E-state index is 12.3. The van der Waals surface area contributed by atoms with Crippen LogP contribution >= 0.6 is 0 Å². The molecule has 1 saturated carbocycles. The molecule has 132 valence electrons. The Morgan fingerprint density at radius 3 is 2.25 bits per heavy atom.